The molecule has 0 saturated carbocycles. The molecule has 0 amide bonds. The van der Waals surface area contributed by atoms with Crippen LogP contribution in [-0.4, -0.2) is 23.8 Å². The Morgan fingerprint density at radius 1 is 0.575 bits per heavy atom. The molecule has 0 heterocycles. The Morgan fingerprint density at radius 3 is 1.30 bits per heavy atom. The number of benzene rings is 3. The zero-order chi connectivity index (χ0) is 28.7. The zero-order valence-electron chi connectivity index (χ0n) is 25.5. The Hall–Kier alpha value is -2.39. The van der Waals surface area contributed by atoms with E-state index in [0.717, 1.165) is 32.1 Å². The van der Waals surface area contributed by atoms with Crippen LogP contribution in [0.3, 0.4) is 0 Å². The molecule has 0 aliphatic carbocycles. The molecule has 0 aliphatic rings. The number of fused-ring (bicyclic) bond motifs is 2. The fourth-order valence-electron chi connectivity index (χ4n) is 5.26. The van der Waals surface area contributed by atoms with E-state index in [9.17, 15) is 9.90 Å². The van der Waals surface area contributed by atoms with Crippen molar-refractivity contribution in [2.24, 2.45) is 0 Å². The maximum absolute atomic E-state index is 11.2. The molecule has 3 nitrogen and oxygen atoms in total. The molecule has 0 fully saturated rings. The molecule has 0 bridgehead atoms. The summed E-state index contributed by atoms with van der Waals surface area (Å²) in [5.74, 6) is -0.795. The van der Waals surface area contributed by atoms with E-state index < -0.39 is 12.1 Å². The quantitative estimate of drug-likeness (QED) is 0.106. The molecule has 0 aromatic heterocycles. The molecule has 1 unspecified atom stereocenters. The van der Waals surface area contributed by atoms with E-state index in [4.69, 9.17) is 4.74 Å². The van der Waals surface area contributed by atoms with Crippen LogP contribution in [0, 0.1) is 0 Å². The maximum Gasteiger partial charge on any atom is 0.332 e. The highest BCUT2D eigenvalue weighted by Crippen LogP contribution is 2.22. The molecule has 3 aromatic carbocycles. The summed E-state index contributed by atoms with van der Waals surface area (Å²) in [6, 6.07) is 21.4. The highest BCUT2D eigenvalue weighted by molar-refractivity contribution is 5.98. The summed E-state index contributed by atoms with van der Waals surface area (Å²) in [6.07, 6.45) is 21.9. The van der Waals surface area contributed by atoms with Gasteiger partial charge in [-0.25, -0.2) is 4.79 Å². The monoisotopic (exact) mass is 548 g/mol. The van der Waals surface area contributed by atoms with Crippen LogP contribution in [0.25, 0.3) is 21.5 Å². The number of hydrogen-bond donors (Lipinski definition) is 1. The average Bonchev–Trinajstić information content (AvgIpc) is 2.97. The summed E-state index contributed by atoms with van der Waals surface area (Å²) < 4.78 is 5.52. The summed E-state index contributed by atoms with van der Waals surface area (Å²) in [6.45, 7) is 5.00. The molecule has 0 aliphatic heterocycles. The number of hydrogen-bond acceptors (Lipinski definition) is 2. The molecule has 40 heavy (non-hydrogen) atoms. The first-order valence-electron chi connectivity index (χ1n) is 16.4. The van der Waals surface area contributed by atoms with Gasteiger partial charge in [-0.1, -0.05) is 165 Å². The number of carbonyl (C=O) groups is 1. The number of carboxylic acid groups (broad SMARTS) is 1. The number of unbranched alkanes of at least 4 members (excludes halogenated alkanes) is 15. The topological polar surface area (TPSA) is 46.5 Å². The second kappa shape index (κ2) is 22.3. The fraction of sp³-hybridized carbons (Fsp3) is 0.595. The summed E-state index contributed by atoms with van der Waals surface area (Å²) in [5, 5.41) is 14.5. The molecule has 1 N–H and O–H groups in total. The first kappa shape index (κ1) is 33.8. The van der Waals surface area contributed by atoms with Gasteiger partial charge in [0.2, 0.25) is 0 Å². The van der Waals surface area contributed by atoms with E-state index in [0.29, 0.717) is 13.0 Å². The molecule has 3 rings (SSSR count). The molecular formula is C37H56O3. The SMILES string of the molecule is CCCCCCCCCCCCCCCCC(OCCCCC)C(=O)O.c1ccc2cc3ccccc3cc2c1. The van der Waals surface area contributed by atoms with Crippen LogP contribution in [0.4, 0.5) is 0 Å². The van der Waals surface area contributed by atoms with Crippen molar-refractivity contribution >= 4 is 27.5 Å². The van der Waals surface area contributed by atoms with Gasteiger partial charge in [0.15, 0.2) is 6.10 Å². The number of ether oxygens (including phenoxy) is 1. The van der Waals surface area contributed by atoms with Gasteiger partial charge in [0.05, 0.1) is 0 Å². The van der Waals surface area contributed by atoms with Gasteiger partial charge in [-0.05, 0) is 46.5 Å². The normalized spacial score (nSPS) is 11.8. The van der Waals surface area contributed by atoms with Gasteiger partial charge in [0, 0.05) is 6.61 Å². The Kier molecular flexibility index (Phi) is 18.9. The maximum atomic E-state index is 11.2. The number of rotatable bonds is 21. The standard InChI is InChI=1S/C23H46O3.C14H10/c1-3-5-7-8-9-10-11-12-13-14-15-16-17-18-20-22(23(24)25)26-21-19-6-4-2;1-2-6-12-10-14-8-4-3-7-13(14)9-11(12)5-1/h22H,3-21H2,1-2H3,(H,24,25);1-10H. The van der Waals surface area contributed by atoms with Gasteiger partial charge in [-0.2, -0.15) is 0 Å². The van der Waals surface area contributed by atoms with E-state index >= 15 is 0 Å². The third-order valence-corrected chi connectivity index (χ3v) is 7.78. The van der Waals surface area contributed by atoms with Crippen LogP contribution >= 0.6 is 0 Å². The van der Waals surface area contributed by atoms with Gasteiger partial charge in [-0.3, -0.25) is 0 Å². The third kappa shape index (κ3) is 14.8. The van der Waals surface area contributed by atoms with Crippen LogP contribution in [0.15, 0.2) is 60.7 Å². The fourth-order valence-corrected chi connectivity index (χ4v) is 5.26. The van der Waals surface area contributed by atoms with E-state index in [1.54, 1.807) is 0 Å². The van der Waals surface area contributed by atoms with Gasteiger partial charge in [-0.15, -0.1) is 0 Å². The van der Waals surface area contributed by atoms with Crippen molar-refractivity contribution in [1.82, 2.24) is 0 Å². The summed E-state index contributed by atoms with van der Waals surface area (Å²) in [5.41, 5.74) is 0. The highest BCUT2D eigenvalue weighted by Gasteiger charge is 2.16. The minimum atomic E-state index is -0.795. The van der Waals surface area contributed by atoms with Crippen LogP contribution < -0.4 is 0 Å². The summed E-state index contributed by atoms with van der Waals surface area (Å²) in [4.78, 5) is 11.2. The Bertz CT molecular complexity index is 939. The van der Waals surface area contributed by atoms with E-state index in [-0.39, 0.29) is 0 Å². The molecule has 222 valence electrons. The predicted octanol–water partition coefficient (Wildman–Crippen LogP) is 11.5. The predicted molar refractivity (Wildman–Crippen MR) is 173 cm³/mol. The smallest absolute Gasteiger partial charge is 0.332 e. The lowest BCUT2D eigenvalue weighted by molar-refractivity contribution is -0.151. The van der Waals surface area contributed by atoms with Gasteiger partial charge in [0.25, 0.3) is 0 Å². The minimum absolute atomic E-state index is 0.587. The van der Waals surface area contributed by atoms with Crippen molar-refractivity contribution < 1.29 is 14.6 Å². The molecule has 3 heteroatoms. The molecule has 0 radical (unpaired) electrons. The van der Waals surface area contributed by atoms with Gasteiger partial charge < -0.3 is 9.84 Å². The lowest BCUT2D eigenvalue weighted by atomic mass is 10.0. The largest absolute Gasteiger partial charge is 0.479 e. The van der Waals surface area contributed by atoms with Crippen molar-refractivity contribution in [2.45, 2.75) is 136 Å². The lowest BCUT2D eigenvalue weighted by Crippen LogP contribution is -2.24. The molecule has 0 saturated heterocycles. The lowest BCUT2D eigenvalue weighted by Gasteiger charge is -2.13. The average molecular weight is 549 g/mol. The summed E-state index contributed by atoms with van der Waals surface area (Å²) in [7, 11) is 0. The second-order valence-electron chi connectivity index (χ2n) is 11.3. The van der Waals surface area contributed by atoms with Gasteiger partial charge in [0.1, 0.15) is 0 Å². The Labute approximate surface area is 244 Å². The van der Waals surface area contributed by atoms with Gasteiger partial charge >= 0.3 is 5.97 Å². The first-order valence-corrected chi connectivity index (χ1v) is 16.4. The van der Waals surface area contributed by atoms with E-state index in [2.05, 4.69) is 74.5 Å². The number of carboxylic acids is 1. The van der Waals surface area contributed by atoms with Crippen LogP contribution in [-0.2, 0) is 9.53 Å². The van der Waals surface area contributed by atoms with Crippen LogP contribution in [0.5, 0.6) is 0 Å². The summed E-state index contributed by atoms with van der Waals surface area (Å²) >= 11 is 0. The van der Waals surface area contributed by atoms with Crippen molar-refractivity contribution in [2.75, 3.05) is 6.61 Å². The van der Waals surface area contributed by atoms with Crippen LogP contribution in [0.1, 0.15) is 129 Å². The van der Waals surface area contributed by atoms with Crippen molar-refractivity contribution in [3.63, 3.8) is 0 Å². The van der Waals surface area contributed by atoms with Crippen LogP contribution in [0.2, 0.25) is 0 Å². The molecular weight excluding hydrogens is 492 g/mol. The highest BCUT2D eigenvalue weighted by atomic mass is 16.5. The molecule has 1 atom stereocenters. The Morgan fingerprint density at radius 2 is 0.925 bits per heavy atom. The number of aliphatic carboxylic acids is 1. The zero-order valence-corrected chi connectivity index (χ0v) is 25.5. The van der Waals surface area contributed by atoms with Crippen molar-refractivity contribution in [3.8, 4) is 0 Å². The van der Waals surface area contributed by atoms with Crippen molar-refractivity contribution in [3.05, 3.63) is 60.7 Å². The minimum Gasteiger partial charge on any atom is -0.479 e. The van der Waals surface area contributed by atoms with E-state index in [1.807, 2.05) is 0 Å². The molecule has 0 spiro atoms. The first-order chi connectivity index (χ1) is 19.7. The second-order valence-corrected chi connectivity index (χ2v) is 11.3. The third-order valence-electron chi connectivity index (χ3n) is 7.78. The van der Waals surface area contributed by atoms with E-state index in [1.165, 1.54) is 98.6 Å². The Balaban J connectivity index is 0.000000328. The molecule has 3 aromatic rings. The van der Waals surface area contributed by atoms with Crippen molar-refractivity contribution in [1.29, 1.82) is 0 Å².